The molecule has 1 N–H and O–H groups in total. The highest BCUT2D eigenvalue weighted by molar-refractivity contribution is 6.30. The highest BCUT2D eigenvalue weighted by Crippen LogP contribution is 2.32. The van der Waals surface area contributed by atoms with Crippen molar-refractivity contribution in [1.82, 2.24) is 19.7 Å². The zero-order chi connectivity index (χ0) is 18.8. The summed E-state index contributed by atoms with van der Waals surface area (Å²) in [5.74, 6) is 1.92. The molecule has 2 aromatic carbocycles. The largest absolute Gasteiger partial charge is 0.493 e. The van der Waals surface area contributed by atoms with Crippen molar-refractivity contribution in [3.05, 3.63) is 60.0 Å². The van der Waals surface area contributed by atoms with Crippen LogP contribution in [0.25, 0.3) is 16.7 Å². The van der Waals surface area contributed by atoms with Crippen molar-refractivity contribution < 1.29 is 9.47 Å². The maximum atomic E-state index is 6.10. The molecule has 0 aliphatic rings. The van der Waals surface area contributed by atoms with Crippen molar-refractivity contribution in [2.45, 2.75) is 0 Å². The average molecular weight is 382 g/mol. The summed E-state index contributed by atoms with van der Waals surface area (Å²) in [5, 5.41) is 9.14. The fraction of sp³-hybridized carbons (Fsp3) is 0.105. The zero-order valence-corrected chi connectivity index (χ0v) is 15.4. The van der Waals surface area contributed by atoms with Crippen LogP contribution in [0, 0.1) is 0 Å². The molecular formula is C19H16ClN5O2. The first-order valence-electron chi connectivity index (χ1n) is 8.13. The second-order valence-corrected chi connectivity index (χ2v) is 6.13. The number of benzene rings is 2. The van der Waals surface area contributed by atoms with Gasteiger partial charge in [-0.05, 0) is 30.3 Å². The molecule has 0 spiro atoms. The van der Waals surface area contributed by atoms with Gasteiger partial charge in [0.15, 0.2) is 17.1 Å². The van der Waals surface area contributed by atoms with Gasteiger partial charge in [-0.25, -0.2) is 14.6 Å². The maximum Gasteiger partial charge on any atom is 0.168 e. The lowest BCUT2D eigenvalue weighted by Gasteiger charge is -2.11. The van der Waals surface area contributed by atoms with Gasteiger partial charge in [-0.1, -0.05) is 17.7 Å². The van der Waals surface area contributed by atoms with Gasteiger partial charge in [0.05, 0.1) is 31.5 Å². The molecule has 0 radical (unpaired) electrons. The Labute approximate surface area is 160 Å². The van der Waals surface area contributed by atoms with Crippen molar-refractivity contribution >= 4 is 34.1 Å². The summed E-state index contributed by atoms with van der Waals surface area (Å²) >= 11 is 6.10. The quantitative estimate of drug-likeness (QED) is 0.557. The molecule has 0 aliphatic carbocycles. The van der Waals surface area contributed by atoms with E-state index in [2.05, 4.69) is 20.4 Å². The third-order valence-electron chi connectivity index (χ3n) is 4.06. The summed E-state index contributed by atoms with van der Waals surface area (Å²) in [5.41, 5.74) is 2.31. The van der Waals surface area contributed by atoms with E-state index >= 15 is 0 Å². The Balaban J connectivity index is 1.74. The van der Waals surface area contributed by atoms with Gasteiger partial charge in [0, 0.05) is 16.8 Å². The minimum absolute atomic E-state index is 0.627. The first-order chi connectivity index (χ1) is 13.2. The van der Waals surface area contributed by atoms with E-state index in [0.717, 1.165) is 16.8 Å². The number of halogens is 1. The van der Waals surface area contributed by atoms with Crippen LogP contribution < -0.4 is 14.8 Å². The highest BCUT2D eigenvalue weighted by atomic mass is 35.5. The SMILES string of the molecule is COc1ccc(Nc2ncnc3c2cnn3-c2cccc(Cl)c2)cc1OC. The third kappa shape index (κ3) is 3.24. The fourth-order valence-electron chi connectivity index (χ4n) is 2.79. The summed E-state index contributed by atoms with van der Waals surface area (Å²) in [6.45, 7) is 0. The monoisotopic (exact) mass is 381 g/mol. The number of hydrogen-bond acceptors (Lipinski definition) is 6. The minimum Gasteiger partial charge on any atom is -0.493 e. The van der Waals surface area contributed by atoms with E-state index < -0.39 is 0 Å². The van der Waals surface area contributed by atoms with Crippen molar-refractivity contribution in [3.63, 3.8) is 0 Å². The molecule has 8 heteroatoms. The number of aromatic nitrogens is 4. The Morgan fingerprint density at radius 1 is 1.00 bits per heavy atom. The third-order valence-corrected chi connectivity index (χ3v) is 4.30. The molecule has 27 heavy (non-hydrogen) atoms. The Morgan fingerprint density at radius 3 is 2.63 bits per heavy atom. The molecule has 0 bridgehead atoms. The lowest BCUT2D eigenvalue weighted by Crippen LogP contribution is -2.00. The number of fused-ring (bicyclic) bond motifs is 1. The van der Waals surface area contributed by atoms with E-state index in [1.165, 1.54) is 6.33 Å². The van der Waals surface area contributed by atoms with Gasteiger partial charge in [0.2, 0.25) is 0 Å². The number of nitrogens with one attached hydrogen (secondary N) is 1. The predicted octanol–water partition coefficient (Wildman–Crippen LogP) is 4.23. The molecular weight excluding hydrogens is 366 g/mol. The van der Waals surface area contributed by atoms with E-state index in [9.17, 15) is 0 Å². The van der Waals surface area contributed by atoms with E-state index in [0.29, 0.717) is 28.0 Å². The van der Waals surface area contributed by atoms with Crippen LogP contribution in [0.3, 0.4) is 0 Å². The van der Waals surface area contributed by atoms with Gasteiger partial charge in [-0.3, -0.25) is 0 Å². The molecule has 2 aromatic heterocycles. The van der Waals surface area contributed by atoms with Crippen LogP contribution in [0.4, 0.5) is 11.5 Å². The van der Waals surface area contributed by atoms with Crippen molar-refractivity contribution in [2.75, 3.05) is 19.5 Å². The first kappa shape index (κ1) is 17.1. The number of rotatable bonds is 5. The second kappa shape index (κ2) is 7.13. The lowest BCUT2D eigenvalue weighted by molar-refractivity contribution is 0.355. The number of anilines is 2. The second-order valence-electron chi connectivity index (χ2n) is 5.69. The maximum absolute atomic E-state index is 6.10. The smallest absolute Gasteiger partial charge is 0.168 e. The minimum atomic E-state index is 0.627. The number of nitrogens with zero attached hydrogens (tertiary/aromatic N) is 4. The Morgan fingerprint density at radius 2 is 1.85 bits per heavy atom. The van der Waals surface area contributed by atoms with E-state index in [1.54, 1.807) is 25.1 Å². The Hall–Kier alpha value is -3.32. The van der Waals surface area contributed by atoms with Crippen LogP contribution in [0.5, 0.6) is 11.5 Å². The number of hydrogen-bond donors (Lipinski definition) is 1. The summed E-state index contributed by atoms with van der Waals surface area (Å²) in [7, 11) is 3.20. The predicted molar refractivity (Wildman–Crippen MR) is 104 cm³/mol. The normalized spacial score (nSPS) is 10.8. The van der Waals surface area contributed by atoms with Crippen molar-refractivity contribution in [2.24, 2.45) is 0 Å². The van der Waals surface area contributed by atoms with E-state index in [1.807, 2.05) is 42.5 Å². The Bertz CT molecular complexity index is 1110. The Kier molecular flexibility index (Phi) is 4.52. The summed E-state index contributed by atoms with van der Waals surface area (Å²) in [6, 6.07) is 13.0. The van der Waals surface area contributed by atoms with Crippen LogP contribution in [-0.2, 0) is 0 Å². The molecule has 7 nitrogen and oxygen atoms in total. The fourth-order valence-corrected chi connectivity index (χ4v) is 2.98. The number of ether oxygens (including phenoxy) is 2. The van der Waals surface area contributed by atoms with Gasteiger partial charge >= 0.3 is 0 Å². The van der Waals surface area contributed by atoms with Gasteiger partial charge in [0.25, 0.3) is 0 Å². The lowest BCUT2D eigenvalue weighted by atomic mass is 10.2. The van der Waals surface area contributed by atoms with Crippen LogP contribution in [0.2, 0.25) is 5.02 Å². The average Bonchev–Trinajstić information content (AvgIpc) is 3.13. The van der Waals surface area contributed by atoms with E-state index in [4.69, 9.17) is 21.1 Å². The van der Waals surface area contributed by atoms with Gasteiger partial charge in [0.1, 0.15) is 12.1 Å². The molecule has 0 amide bonds. The van der Waals surface area contributed by atoms with Crippen LogP contribution >= 0.6 is 11.6 Å². The van der Waals surface area contributed by atoms with Gasteiger partial charge in [-0.15, -0.1) is 0 Å². The standard InChI is InChI=1S/C19H16ClN5O2/c1-26-16-7-6-13(9-17(16)27-2)24-18-15-10-23-25(19(15)22-11-21-18)14-5-3-4-12(20)8-14/h3-11H,1-2H3,(H,21,22,24). The first-order valence-corrected chi connectivity index (χ1v) is 8.51. The summed E-state index contributed by atoms with van der Waals surface area (Å²) in [4.78, 5) is 8.72. The molecule has 4 rings (SSSR count). The molecule has 4 aromatic rings. The molecule has 0 aliphatic heterocycles. The summed E-state index contributed by atoms with van der Waals surface area (Å²) < 4.78 is 12.3. The van der Waals surface area contributed by atoms with Crippen molar-refractivity contribution in [1.29, 1.82) is 0 Å². The van der Waals surface area contributed by atoms with Crippen LogP contribution in [0.15, 0.2) is 55.0 Å². The van der Waals surface area contributed by atoms with Gasteiger partial charge < -0.3 is 14.8 Å². The highest BCUT2D eigenvalue weighted by Gasteiger charge is 2.12. The van der Waals surface area contributed by atoms with E-state index in [-0.39, 0.29) is 0 Å². The molecule has 0 unspecified atom stereocenters. The molecule has 0 saturated heterocycles. The van der Waals surface area contributed by atoms with Crippen LogP contribution in [-0.4, -0.2) is 34.0 Å². The molecule has 2 heterocycles. The van der Waals surface area contributed by atoms with Crippen LogP contribution in [0.1, 0.15) is 0 Å². The molecule has 0 fully saturated rings. The van der Waals surface area contributed by atoms with Crippen molar-refractivity contribution in [3.8, 4) is 17.2 Å². The zero-order valence-electron chi connectivity index (χ0n) is 14.7. The van der Waals surface area contributed by atoms with Gasteiger partial charge in [-0.2, -0.15) is 5.10 Å². The molecule has 0 saturated carbocycles. The molecule has 136 valence electrons. The topological polar surface area (TPSA) is 74.1 Å². The number of methoxy groups -OCH3 is 2. The summed E-state index contributed by atoms with van der Waals surface area (Å²) in [6.07, 6.45) is 3.22. The molecule has 0 atom stereocenters.